The molecule has 0 amide bonds. The van der Waals surface area contributed by atoms with Gasteiger partial charge < -0.3 is 9.72 Å². The highest BCUT2D eigenvalue weighted by atomic mass is 16.5. The summed E-state index contributed by atoms with van der Waals surface area (Å²) in [5.41, 5.74) is 4.44. The van der Waals surface area contributed by atoms with Crippen molar-refractivity contribution in [2.45, 2.75) is 39.2 Å². The Morgan fingerprint density at radius 1 is 1.33 bits per heavy atom. The van der Waals surface area contributed by atoms with Crippen LogP contribution >= 0.6 is 0 Å². The molecule has 24 heavy (non-hydrogen) atoms. The topological polar surface area (TPSA) is 58.2 Å². The lowest BCUT2D eigenvalue weighted by Crippen LogP contribution is -2.33. The number of aromatic nitrogens is 2. The van der Waals surface area contributed by atoms with E-state index in [4.69, 9.17) is 4.74 Å². The molecule has 3 heterocycles. The van der Waals surface area contributed by atoms with Crippen LogP contribution in [0.5, 0.6) is 5.75 Å². The van der Waals surface area contributed by atoms with Gasteiger partial charge in [-0.2, -0.15) is 0 Å². The molecule has 5 nitrogen and oxygen atoms in total. The highest BCUT2D eigenvalue weighted by molar-refractivity contribution is 5.41. The van der Waals surface area contributed by atoms with Crippen LogP contribution in [0.25, 0.3) is 0 Å². The standard InChI is InChI=1S/C19H25N3O2/c1-13-11-21-17(14(2)19(13)24-3)12-22-8-5-15(6-9-22)16-4-7-20-18(23)10-16/h4,7,10-11,15H,5-6,8-9,12H2,1-3H3,(H,20,23). The smallest absolute Gasteiger partial charge is 0.248 e. The van der Waals surface area contributed by atoms with E-state index >= 15 is 0 Å². The molecule has 0 unspecified atom stereocenters. The number of nitrogens with one attached hydrogen (secondary N) is 1. The fourth-order valence-electron chi connectivity index (χ4n) is 3.58. The van der Waals surface area contributed by atoms with E-state index in [2.05, 4.69) is 21.8 Å². The lowest BCUT2D eigenvalue weighted by molar-refractivity contribution is 0.202. The Hall–Kier alpha value is -2.14. The summed E-state index contributed by atoms with van der Waals surface area (Å²) in [6.45, 7) is 7.00. The first-order chi connectivity index (χ1) is 11.6. The summed E-state index contributed by atoms with van der Waals surface area (Å²) in [5.74, 6) is 1.42. The average molecular weight is 327 g/mol. The van der Waals surface area contributed by atoms with E-state index in [0.717, 1.165) is 60.6 Å². The molecular weight excluding hydrogens is 302 g/mol. The maximum Gasteiger partial charge on any atom is 0.248 e. The van der Waals surface area contributed by atoms with E-state index in [9.17, 15) is 4.79 Å². The van der Waals surface area contributed by atoms with Crippen LogP contribution in [0.15, 0.2) is 29.3 Å². The number of methoxy groups -OCH3 is 1. The van der Waals surface area contributed by atoms with Crippen LogP contribution in [-0.2, 0) is 6.54 Å². The zero-order chi connectivity index (χ0) is 17.1. The number of nitrogens with zero attached hydrogens (tertiary/aromatic N) is 2. The minimum Gasteiger partial charge on any atom is -0.496 e. The number of pyridine rings is 2. The van der Waals surface area contributed by atoms with Crippen LogP contribution in [-0.4, -0.2) is 35.1 Å². The molecule has 1 N–H and O–H groups in total. The van der Waals surface area contributed by atoms with E-state index in [1.807, 2.05) is 19.2 Å². The molecule has 1 aliphatic rings. The monoisotopic (exact) mass is 327 g/mol. The predicted molar refractivity (Wildman–Crippen MR) is 94.6 cm³/mol. The predicted octanol–water partition coefficient (Wildman–Crippen LogP) is 2.77. The van der Waals surface area contributed by atoms with Crippen molar-refractivity contribution in [1.29, 1.82) is 0 Å². The first-order valence-electron chi connectivity index (χ1n) is 8.48. The minimum absolute atomic E-state index is 0.0125. The summed E-state index contributed by atoms with van der Waals surface area (Å²) < 4.78 is 5.50. The van der Waals surface area contributed by atoms with Crippen LogP contribution in [0.1, 0.15) is 41.1 Å². The molecule has 1 aliphatic heterocycles. The molecule has 128 valence electrons. The number of hydrogen-bond acceptors (Lipinski definition) is 4. The van der Waals surface area contributed by atoms with Gasteiger partial charge in [-0.15, -0.1) is 0 Å². The molecule has 0 spiro atoms. The van der Waals surface area contributed by atoms with Crippen molar-refractivity contribution in [1.82, 2.24) is 14.9 Å². The summed E-state index contributed by atoms with van der Waals surface area (Å²) in [4.78, 5) is 21.2. The van der Waals surface area contributed by atoms with Crippen molar-refractivity contribution in [3.05, 3.63) is 57.3 Å². The van der Waals surface area contributed by atoms with Crippen LogP contribution < -0.4 is 10.3 Å². The third-order valence-corrected chi connectivity index (χ3v) is 4.98. The zero-order valence-electron chi connectivity index (χ0n) is 14.6. The molecule has 0 radical (unpaired) electrons. The van der Waals surface area contributed by atoms with Gasteiger partial charge in [0.25, 0.3) is 0 Å². The summed E-state index contributed by atoms with van der Waals surface area (Å²) in [7, 11) is 1.71. The Bertz CT molecular complexity index is 761. The molecule has 0 aromatic carbocycles. The molecule has 0 atom stereocenters. The van der Waals surface area contributed by atoms with Gasteiger partial charge in [-0.3, -0.25) is 14.7 Å². The lowest BCUT2D eigenvalue weighted by atomic mass is 9.90. The molecule has 0 saturated carbocycles. The first-order valence-corrected chi connectivity index (χ1v) is 8.48. The van der Waals surface area contributed by atoms with Crippen LogP contribution in [0.3, 0.4) is 0 Å². The number of hydrogen-bond donors (Lipinski definition) is 1. The highest BCUT2D eigenvalue weighted by Gasteiger charge is 2.22. The van der Waals surface area contributed by atoms with Crippen molar-refractivity contribution in [3.63, 3.8) is 0 Å². The largest absolute Gasteiger partial charge is 0.496 e. The summed E-state index contributed by atoms with van der Waals surface area (Å²) in [6.07, 6.45) is 5.79. The van der Waals surface area contributed by atoms with E-state index in [1.165, 1.54) is 0 Å². The Labute approximate surface area is 142 Å². The van der Waals surface area contributed by atoms with Crippen molar-refractivity contribution >= 4 is 0 Å². The molecule has 0 aliphatic carbocycles. The lowest BCUT2D eigenvalue weighted by Gasteiger charge is -2.32. The van der Waals surface area contributed by atoms with Gasteiger partial charge in [0.1, 0.15) is 5.75 Å². The molecule has 2 aromatic rings. The van der Waals surface area contributed by atoms with Crippen molar-refractivity contribution in [2.24, 2.45) is 0 Å². The number of piperidine rings is 1. The number of rotatable bonds is 4. The van der Waals surface area contributed by atoms with Gasteiger partial charge in [-0.1, -0.05) is 0 Å². The second-order valence-corrected chi connectivity index (χ2v) is 6.58. The Morgan fingerprint density at radius 2 is 2.08 bits per heavy atom. The second-order valence-electron chi connectivity index (χ2n) is 6.58. The maximum atomic E-state index is 11.5. The zero-order valence-corrected chi connectivity index (χ0v) is 14.6. The van der Waals surface area contributed by atoms with Gasteiger partial charge in [0, 0.05) is 36.1 Å². The van der Waals surface area contributed by atoms with Gasteiger partial charge in [0.2, 0.25) is 5.56 Å². The maximum absolute atomic E-state index is 11.5. The molecule has 1 fully saturated rings. The highest BCUT2D eigenvalue weighted by Crippen LogP contribution is 2.29. The third kappa shape index (κ3) is 3.51. The molecule has 2 aromatic heterocycles. The molecular formula is C19H25N3O2. The molecule has 1 saturated heterocycles. The minimum atomic E-state index is -0.0125. The number of ether oxygens (including phenoxy) is 1. The normalized spacial score (nSPS) is 16.3. The van der Waals surface area contributed by atoms with Crippen molar-refractivity contribution in [2.75, 3.05) is 20.2 Å². The van der Waals surface area contributed by atoms with Gasteiger partial charge in [-0.25, -0.2) is 0 Å². The van der Waals surface area contributed by atoms with Crippen LogP contribution in [0.2, 0.25) is 0 Å². The Balaban J connectivity index is 1.65. The van der Waals surface area contributed by atoms with Gasteiger partial charge in [-0.05, 0) is 57.3 Å². The summed E-state index contributed by atoms with van der Waals surface area (Å²) >= 11 is 0. The number of H-pyrrole nitrogens is 1. The van der Waals surface area contributed by atoms with E-state index < -0.39 is 0 Å². The fourth-order valence-corrected chi connectivity index (χ4v) is 3.58. The van der Waals surface area contributed by atoms with Gasteiger partial charge in [0.15, 0.2) is 0 Å². The fraction of sp³-hybridized carbons (Fsp3) is 0.474. The second kappa shape index (κ2) is 7.18. The number of likely N-dealkylation sites (tertiary alicyclic amines) is 1. The molecule has 5 heteroatoms. The summed E-state index contributed by atoms with van der Waals surface area (Å²) in [6, 6.07) is 3.76. The van der Waals surface area contributed by atoms with E-state index in [1.54, 1.807) is 19.4 Å². The summed E-state index contributed by atoms with van der Waals surface area (Å²) in [5, 5.41) is 0. The van der Waals surface area contributed by atoms with Gasteiger partial charge in [0.05, 0.1) is 12.8 Å². The Morgan fingerprint density at radius 3 is 2.75 bits per heavy atom. The Kier molecular flexibility index (Phi) is 5.00. The number of aromatic amines is 1. The van der Waals surface area contributed by atoms with Crippen molar-refractivity contribution in [3.8, 4) is 5.75 Å². The average Bonchev–Trinajstić information content (AvgIpc) is 2.59. The first kappa shape index (κ1) is 16.7. The van der Waals surface area contributed by atoms with E-state index in [0.29, 0.717) is 5.92 Å². The van der Waals surface area contributed by atoms with Gasteiger partial charge >= 0.3 is 0 Å². The third-order valence-electron chi connectivity index (χ3n) is 4.98. The van der Waals surface area contributed by atoms with Crippen LogP contribution in [0, 0.1) is 13.8 Å². The SMILES string of the molecule is COc1c(C)cnc(CN2CCC(c3cc[nH]c(=O)c3)CC2)c1C. The molecule has 0 bridgehead atoms. The quantitative estimate of drug-likeness (QED) is 0.938. The number of aryl methyl sites for hydroxylation is 1. The van der Waals surface area contributed by atoms with E-state index in [-0.39, 0.29) is 5.56 Å². The van der Waals surface area contributed by atoms with Crippen molar-refractivity contribution < 1.29 is 4.74 Å². The van der Waals surface area contributed by atoms with Crippen LogP contribution in [0.4, 0.5) is 0 Å². The molecule has 3 rings (SSSR count).